The van der Waals surface area contributed by atoms with Crippen molar-refractivity contribution in [2.75, 3.05) is 30.3 Å². The van der Waals surface area contributed by atoms with Gasteiger partial charge in [-0.3, -0.25) is 14.4 Å². The number of carbonyl (C=O) groups excluding carboxylic acids is 3. The van der Waals surface area contributed by atoms with Gasteiger partial charge < -0.3 is 20.3 Å². The number of rotatable bonds is 5. The van der Waals surface area contributed by atoms with E-state index in [-0.39, 0.29) is 29.7 Å². The van der Waals surface area contributed by atoms with Gasteiger partial charge in [0.2, 0.25) is 11.8 Å². The van der Waals surface area contributed by atoms with Crippen molar-refractivity contribution in [2.24, 2.45) is 11.8 Å². The van der Waals surface area contributed by atoms with E-state index in [0.29, 0.717) is 32.4 Å². The Morgan fingerprint density at radius 1 is 0.969 bits per heavy atom. The molecule has 32 heavy (non-hydrogen) atoms. The monoisotopic (exact) mass is 453 g/mol. The van der Waals surface area contributed by atoms with E-state index in [9.17, 15) is 27.6 Å². The summed E-state index contributed by atoms with van der Waals surface area (Å²) in [6, 6.07) is 3.27. The molecule has 2 saturated heterocycles. The van der Waals surface area contributed by atoms with Gasteiger partial charge in [-0.15, -0.1) is 0 Å². The van der Waals surface area contributed by atoms with Crippen molar-refractivity contribution >= 4 is 29.1 Å². The maximum absolute atomic E-state index is 13.7. The Balaban J connectivity index is 1.45. The lowest BCUT2D eigenvalue weighted by Gasteiger charge is -2.32. The molecule has 1 saturated carbocycles. The summed E-state index contributed by atoms with van der Waals surface area (Å²) in [4.78, 5) is 38.8. The Labute approximate surface area is 183 Å². The van der Waals surface area contributed by atoms with Crippen molar-refractivity contribution in [2.45, 2.75) is 50.8 Å². The third-order valence-corrected chi connectivity index (χ3v) is 6.10. The SMILES string of the molecule is O=C(Nc1ccc(NC(=O)C2CCCO2)cc1C(F)(F)F)C1CCCN(C(=O)C2CC2)C1. The standard InChI is InChI=1S/C22H26F3N3O4/c23-22(24,25)16-11-15(26-20(30)18-4-2-10-32-18)7-8-17(16)27-19(29)14-3-1-9-28(12-14)21(31)13-5-6-13/h7-8,11,13-14,18H,1-6,9-10,12H2,(H,26,30)(H,27,29). The molecule has 0 spiro atoms. The fourth-order valence-electron chi connectivity index (χ4n) is 4.19. The molecule has 3 fully saturated rings. The topological polar surface area (TPSA) is 87.7 Å². The molecule has 2 unspecified atom stereocenters. The van der Waals surface area contributed by atoms with E-state index in [2.05, 4.69) is 10.6 Å². The molecule has 0 aromatic heterocycles. The number of benzene rings is 1. The van der Waals surface area contributed by atoms with E-state index in [1.165, 1.54) is 6.07 Å². The van der Waals surface area contributed by atoms with Crippen LogP contribution in [0, 0.1) is 11.8 Å². The highest BCUT2D eigenvalue weighted by Gasteiger charge is 2.38. The number of piperidine rings is 1. The minimum absolute atomic E-state index is 0.0188. The summed E-state index contributed by atoms with van der Waals surface area (Å²) in [7, 11) is 0. The molecular formula is C22H26F3N3O4. The first kappa shape index (κ1) is 22.6. The van der Waals surface area contributed by atoms with Crippen LogP contribution in [0.25, 0.3) is 0 Å². The summed E-state index contributed by atoms with van der Waals surface area (Å²) >= 11 is 0. The smallest absolute Gasteiger partial charge is 0.368 e. The van der Waals surface area contributed by atoms with Crippen LogP contribution in [0.2, 0.25) is 0 Å². The Hall–Kier alpha value is -2.62. The van der Waals surface area contributed by atoms with E-state index >= 15 is 0 Å². The molecule has 174 valence electrons. The van der Waals surface area contributed by atoms with Gasteiger partial charge in [-0.2, -0.15) is 13.2 Å². The van der Waals surface area contributed by atoms with Gasteiger partial charge in [0.15, 0.2) is 0 Å². The maximum Gasteiger partial charge on any atom is 0.418 e. The molecule has 2 atom stereocenters. The zero-order valence-corrected chi connectivity index (χ0v) is 17.5. The van der Waals surface area contributed by atoms with Gasteiger partial charge in [-0.25, -0.2) is 0 Å². The van der Waals surface area contributed by atoms with Crippen LogP contribution in [-0.2, 0) is 25.3 Å². The largest absolute Gasteiger partial charge is 0.418 e. The minimum Gasteiger partial charge on any atom is -0.368 e. The molecule has 0 bridgehead atoms. The average Bonchev–Trinajstić information content (AvgIpc) is 3.46. The second-order valence-corrected chi connectivity index (χ2v) is 8.64. The highest BCUT2D eigenvalue weighted by Crippen LogP contribution is 2.37. The summed E-state index contributed by atoms with van der Waals surface area (Å²) in [5.41, 5.74) is -1.43. The molecule has 2 heterocycles. The van der Waals surface area contributed by atoms with Crippen molar-refractivity contribution in [3.05, 3.63) is 23.8 Å². The summed E-state index contributed by atoms with van der Waals surface area (Å²) in [6.07, 6.45) is -1.29. The number of carbonyl (C=O) groups is 3. The molecule has 1 aromatic carbocycles. The van der Waals surface area contributed by atoms with E-state index < -0.39 is 35.6 Å². The molecule has 1 aromatic rings. The number of hydrogen-bond donors (Lipinski definition) is 2. The first-order chi connectivity index (χ1) is 15.2. The third-order valence-electron chi connectivity index (χ3n) is 6.10. The van der Waals surface area contributed by atoms with Crippen LogP contribution in [0.15, 0.2) is 18.2 Å². The molecule has 2 aliphatic heterocycles. The molecule has 4 rings (SSSR count). The Morgan fingerprint density at radius 3 is 2.41 bits per heavy atom. The third kappa shape index (κ3) is 5.23. The van der Waals surface area contributed by atoms with Crippen molar-refractivity contribution in [3.8, 4) is 0 Å². The second-order valence-electron chi connectivity index (χ2n) is 8.64. The molecular weight excluding hydrogens is 427 g/mol. The van der Waals surface area contributed by atoms with Crippen LogP contribution in [0.1, 0.15) is 44.1 Å². The van der Waals surface area contributed by atoms with Gasteiger partial charge in [0.25, 0.3) is 5.91 Å². The number of nitrogens with zero attached hydrogens (tertiary/aromatic N) is 1. The highest BCUT2D eigenvalue weighted by molar-refractivity contribution is 5.96. The summed E-state index contributed by atoms with van der Waals surface area (Å²) in [5, 5.41) is 4.85. The number of ether oxygens (including phenoxy) is 1. The number of hydrogen-bond acceptors (Lipinski definition) is 4. The number of alkyl halides is 3. The lowest BCUT2D eigenvalue weighted by Crippen LogP contribution is -2.44. The lowest BCUT2D eigenvalue weighted by molar-refractivity contribution is -0.137. The van der Waals surface area contributed by atoms with Gasteiger partial charge in [0, 0.05) is 31.3 Å². The van der Waals surface area contributed by atoms with Crippen molar-refractivity contribution in [1.82, 2.24) is 4.90 Å². The number of halogens is 3. The fourth-order valence-corrected chi connectivity index (χ4v) is 4.19. The summed E-state index contributed by atoms with van der Waals surface area (Å²) < 4.78 is 46.3. The van der Waals surface area contributed by atoms with E-state index in [1.807, 2.05) is 0 Å². The molecule has 10 heteroatoms. The molecule has 7 nitrogen and oxygen atoms in total. The molecule has 3 amide bonds. The summed E-state index contributed by atoms with van der Waals surface area (Å²) in [5.74, 6) is -1.53. The van der Waals surface area contributed by atoms with E-state index in [1.54, 1.807) is 4.90 Å². The van der Waals surface area contributed by atoms with Gasteiger partial charge in [-0.05, 0) is 56.7 Å². The predicted octanol–water partition coefficient (Wildman–Crippen LogP) is 3.41. The lowest BCUT2D eigenvalue weighted by atomic mass is 9.96. The van der Waals surface area contributed by atoms with Gasteiger partial charge >= 0.3 is 6.18 Å². The van der Waals surface area contributed by atoms with Crippen LogP contribution in [0.3, 0.4) is 0 Å². The Bertz CT molecular complexity index is 895. The number of anilines is 2. The Morgan fingerprint density at radius 2 is 1.75 bits per heavy atom. The van der Waals surface area contributed by atoms with Crippen LogP contribution in [0.5, 0.6) is 0 Å². The Kier molecular flexibility index (Phi) is 6.41. The molecule has 2 N–H and O–H groups in total. The fraction of sp³-hybridized carbons (Fsp3) is 0.591. The van der Waals surface area contributed by atoms with Crippen molar-refractivity contribution < 1.29 is 32.3 Å². The average molecular weight is 453 g/mol. The van der Waals surface area contributed by atoms with Crippen LogP contribution in [0.4, 0.5) is 24.5 Å². The predicted molar refractivity (Wildman–Crippen MR) is 110 cm³/mol. The minimum atomic E-state index is -4.73. The van der Waals surface area contributed by atoms with E-state index in [4.69, 9.17) is 4.74 Å². The zero-order valence-electron chi connectivity index (χ0n) is 17.5. The van der Waals surface area contributed by atoms with Crippen LogP contribution < -0.4 is 10.6 Å². The van der Waals surface area contributed by atoms with Gasteiger partial charge in [0.1, 0.15) is 6.10 Å². The summed E-state index contributed by atoms with van der Waals surface area (Å²) in [6.45, 7) is 1.24. The molecule has 0 radical (unpaired) electrons. The zero-order chi connectivity index (χ0) is 22.9. The second kappa shape index (κ2) is 9.09. The van der Waals surface area contributed by atoms with Gasteiger partial charge in [0.05, 0.1) is 17.2 Å². The van der Waals surface area contributed by atoms with Crippen LogP contribution >= 0.6 is 0 Å². The first-order valence-electron chi connectivity index (χ1n) is 11.0. The van der Waals surface area contributed by atoms with Crippen LogP contribution in [-0.4, -0.2) is 48.4 Å². The number of nitrogens with one attached hydrogen (secondary N) is 2. The van der Waals surface area contributed by atoms with Crippen molar-refractivity contribution in [3.63, 3.8) is 0 Å². The van der Waals surface area contributed by atoms with Gasteiger partial charge in [-0.1, -0.05) is 0 Å². The normalized spacial score (nSPS) is 23.7. The number of likely N-dealkylation sites (tertiary alicyclic amines) is 1. The maximum atomic E-state index is 13.7. The first-order valence-corrected chi connectivity index (χ1v) is 11.0. The van der Waals surface area contributed by atoms with E-state index in [0.717, 1.165) is 31.4 Å². The number of amides is 3. The molecule has 1 aliphatic carbocycles. The molecule has 3 aliphatic rings. The highest BCUT2D eigenvalue weighted by atomic mass is 19.4. The van der Waals surface area contributed by atoms with Crippen molar-refractivity contribution in [1.29, 1.82) is 0 Å². The quantitative estimate of drug-likeness (QED) is 0.715.